The van der Waals surface area contributed by atoms with Gasteiger partial charge in [-0.3, -0.25) is 5.10 Å². The molecule has 1 heterocycles. The third-order valence-corrected chi connectivity index (χ3v) is 2.89. The summed E-state index contributed by atoms with van der Waals surface area (Å²) in [5.41, 5.74) is 5.86. The van der Waals surface area contributed by atoms with Crippen LogP contribution in [0.2, 0.25) is 0 Å². The molecule has 7 heteroatoms. The summed E-state index contributed by atoms with van der Waals surface area (Å²) < 4.78 is 37.6. The highest BCUT2D eigenvalue weighted by Gasteiger charge is 2.31. The number of hydrogen-bond acceptors (Lipinski definition) is 3. The summed E-state index contributed by atoms with van der Waals surface area (Å²) in [5, 5.41) is 16.2. The van der Waals surface area contributed by atoms with E-state index in [1.807, 2.05) is 0 Å². The van der Waals surface area contributed by atoms with E-state index in [0.29, 0.717) is 16.7 Å². The first kappa shape index (κ1) is 13.4. The number of nitrogens with zero attached hydrogens (tertiary/aromatic N) is 1. The first-order valence-corrected chi connectivity index (χ1v) is 5.45. The lowest BCUT2D eigenvalue weighted by molar-refractivity contribution is -0.137. The highest BCUT2D eigenvalue weighted by atomic mass is 19.4. The first-order valence-electron chi connectivity index (χ1n) is 5.45. The van der Waals surface area contributed by atoms with Crippen LogP contribution in [0.5, 0.6) is 0 Å². The fourth-order valence-electron chi connectivity index (χ4n) is 1.85. The molecule has 1 unspecified atom stereocenters. The van der Waals surface area contributed by atoms with Crippen molar-refractivity contribution in [3.63, 3.8) is 0 Å². The van der Waals surface area contributed by atoms with Gasteiger partial charge in [0.25, 0.3) is 0 Å². The van der Waals surface area contributed by atoms with Crippen molar-refractivity contribution in [2.75, 3.05) is 5.73 Å². The smallest absolute Gasteiger partial charge is 0.384 e. The molecule has 0 aliphatic heterocycles. The zero-order valence-electron chi connectivity index (χ0n) is 9.99. The van der Waals surface area contributed by atoms with Crippen molar-refractivity contribution in [1.29, 1.82) is 0 Å². The number of H-pyrrole nitrogens is 1. The van der Waals surface area contributed by atoms with E-state index in [4.69, 9.17) is 5.73 Å². The van der Waals surface area contributed by atoms with Gasteiger partial charge in [0.1, 0.15) is 11.9 Å². The van der Waals surface area contributed by atoms with Crippen molar-refractivity contribution in [2.24, 2.45) is 0 Å². The number of aromatic amines is 1. The lowest BCUT2D eigenvalue weighted by atomic mass is 9.97. The van der Waals surface area contributed by atoms with Crippen molar-refractivity contribution in [2.45, 2.75) is 19.2 Å². The molecule has 2 aromatic rings. The van der Waals surface area contributed by atoms with Crippen LogP contribution in [0.1, 0.15) is 28.4 Å². The second kappa shape index (κ2) is 4.58. The molecule has 0 fully saturated rings. The van der Waals surface area contributed by atoms with Crippen LogP contribution in [0.3, 0.4) is 0 Å². The van der Waals surface area contributed by atoms with E-state index < -0.39 is 17.8 Å². The van der Waals surface area contributed by atoms with Gasteiger partial charge in [0.2, 0.25) is 0 Å². The summed E-state index contributed by atoms with van der Waals surface area (Å²) in [5.74, 6) is 0.187. The lowest BCUT2D eigenvalue weighted by Crippen LogP contribution is -2.08. The molecule has 0 saturated carbocycles. The lowest BCUT2D eigenvalue weighted by Gasteiger charge is -2.15. The third-order valence-electron chi connectivity index (χ3n) is 2.89. The number of aliphatic hydroxyl groups excluding tert-OH is 1. The van der Waals surface area contributed by atoms with Crippen molar-refractivity contribution >= 4 is 5.82 Å². The van der Waals surface area contributed by atoms with E-state index in [0.717, 1.165) is 12.1 Å². The zero-order chi connectivity index (χ0) is 14.2. The largest absolute Gasteiger partial charge is 0.416 e. The maximum atomic E-state index is 12.5. The fourth-order valence-corrected chi connectivity index (χ4v) is 1.85. The van der Waals surface area contributed by atoms with E-state index >= 15 is 0 Å². The Morgan fingerprint density at radius 2 is 2.00 bits per heavy atom. The van der Waals surface area contributed by atoms with Crippen LogP contribution < -0.4 is 5.73 Å². The van der Waals surface area contributed by atoms with Gasteiger partial charge in [-0.15, -0.1) is 0 Å². The molecule has 4 nitrogen and oxygen atoms in total. The zero-order valence-corrected chi connectivity index (χ0v) is 9.99. The van der Waals surface area contributed by atoms with E-state index in [1.54, 1.807) is 0 Å². The van der Waals surface area contributed by atoms with Crippen LogP contribution >= 0.6 is 0 Å². The molecule has 1 aromatic carbocycles. The molecule has 19 heavy (non-hydrogen) atoms. The van der Waals surface area contributed by atoms with Crippen LogP contribution in [-0.2, 0) is 6.18 Å². The minimum atomic E-state index is -4.40. The molecule has 2 rings (SSSR count). The van der Waals surface area contributed by atoms with Crippen LogP contribution in [0.15, 0.2) is 24.4 Å². The molecule has 1 atom stereocenters. The monoisotopic (exact) mass is 271 g/mol. The van der Waals surface area contributed by atoms with Crippen LogP contribution in [0, 0.1) is 6.92 Å². The first-order chi connectivity index (χ1) is 8.80. The third kappa shape index (κ3) is 2.55. The Labute approximate surface area is 107 Å². The number of hydrogen-bond donors (Lipinski definition) is 3. The Morgan fingerprint density at radius 1 is 1.32 bits per heavy atom. The number of aliphatic hydroxyl groups is 1. The summed E-state index contributed by atoms with van der Waals surface area (Å²) in [7, 11) is 0. The average molecular weight is 271 g/mol. The molecular weight excluding hydrogens is 259 g/mol. The number of alkyl halides is 3. The number of nitrogen functional groups attached to an aromatic ring is 1. The van der Waals surface area contributed by atoms with Crippen molar-refractivity contribution in [3.8, 4) is 0 Å². The summed E-state index contributed by atoms with van der Waals surface area (Å²) in [4.78, 5) is 0. The second-order valence-electron chi connectivity index (χ2n) is 4.21. The summed E-state index contributed by atoms with van der Waals surface area (Å²) in [6.45, 7) is 1.50. The Bertz CT molecular complexity index is 592. The molecule has 4 N–H and O–H groups in total. The standard InChI is InChI=1S/C12H12F3N3O/c1-6-4-7(12(13,14)15)2-3-8(6)10(19)9-5-17-18-11(9)16/h2-5,10,19H,1H3,(H3,16,17,18). The van der Waals surface area contributed by atoms with Crippen molar-refractivity contribution in [3.05, 3.63) is 46.6 Å². The minimum absolute atomic E-state index is 0.187. The number of aryl methyl sites for hydroxylation is 1. The molecule has 0 saturated heterocycles. The van der Waals surface area contributed by atoms with Gasteiger partial charge in [-0.1, -0.05) is 6.07 Å². The quantitative estimate of drug-likeness (QED) is 0.785. The normalized spacial score (nSPS) is 13.5. The topological polar surface area (TPSA) is 74.9 Å². The second-order valence-corrected chi connectivity index (χ2v) is 4.21. The van der Waals surface area contributed by atoms with E-state index in [2.05, 4.69) is 10.2 Å². The number of anilines is 1. The predicted octanol–water partition coefficient (Wildman–Crippen LogP) is 2.40. The van der Waals surface area contributed by atoms with Crippen molar-refractivity contribution < 1.29 is 18.3 Å². The SMILES string of the molecule is Cc1cc(C(F)(F)F)ccc1C(O)c1cn[nH]c1N. The Balaban J connectivity index is 2.39. The summed E-state index contributed by atoms with van der Waals surface area (Å²) in [6.07, 6.45) is -4.17. The molecule has 1 aromatic heterocycles. The molecule has 0 aliphatic rings. The van der Waals surface area contributed by atoms with Crippen molar-refractivity contribution in [1.82, 2.24) is 10.2 Å². The highest BCUT2D eigenvalue weighted by molar-refractivity contribution is 5.45. The van der Waals surface area contributed by atoms with Crippen LogP contribution in [0.4, 0.5) is 19.0 Å². The van der Waals surface area contributed by atoms with Gasteiger partial charge in [0, 0.05) is 5.56 Å². The predicted molar refractivity (Wildman–Crippen MR) is 63.2 cm³/mol. The van der Waals surface area contributed by atoms with Gasteiger partial charge in [0.05, 0.1) is 11.8 Å². The van der Waals surface area contributed by atoms with Crippen LogP contribution in [0.25, 0.3) is 0 Å². The van der Waals surface area contributed by atoms with Gasteiger partial charge in [-0.25, -0.2) is 0 Å². The highest BCUT2D eigenvalue weighted by Crippen LogP contribution is 2.33. The van der Waals surface area contributed by atoms with Gasteiger partial charge in [0.15, 0.2) is 0 Å². The summed E-state index contributed by atoms with van der Waals surface area (Å²) in [6, 6.07) is 3.17. The number of nitrogens with one attached hydrogen (secondary N) is 1. The minimum Gasteiger partial charge on any atom is -0.384 e. The maximum absolute atomic E-state index is 12.5. The van der Waals surface area contributed by atoms with E-state index in [9.17, 15) is 18.3 Å². The maximum Gasteiger partial charge on any atom is 0.416 e. The molecule has 102 valence electrons. The fraction of sp³-hybridized carbons (Fsp3) is 0.250. The van der Waals surface area contributed by atoms with Gasteiger partial charge in [-0.05, 0) is 30.2 Å². The molecule has 0 spiro atoms. The van der Waals surface area contributed by atoms with Gasteiger partial charge in [-0.2, -0.15) is 18.3 Å². The number of rotatable bonds is 2. The Kier molecular flexibility index (Phi) is 3.23. The molecule has 0 aliphatic carbocycles. The molecule has 0 radical (unpaired) electrons. The Morgan fingerprint density at radius 3 is 2.47 bits per heavy atom. The average Bonchev–Trinajstić information content (AvgIpc) is 2.73. The molecular formula is C12H12F3N3O. The number of nitrogens with two attached hydrogens (primary N) is 1. The number of benzene rings is 1. The molecule has 0 bridgehead atoms. The van der Waals surface area contributed by atoms with Crippen LogP contribution in [-0.4, -0.2) is 15.3 Å². The van der Waals surface area contributed by atoms with E-state index in [1.165, 1.54) is 19.2 Å². The summed E-state index contributed by atoms with van der Waals surface area (Å²) >= 11 is 0. The molecule has 0 amide bonds. The Hall–Kier alpha value is -2.02. The van der Waals surface area contributed by atoms with Gasteiger partial charge >= 0.3 is 6.18 Å². The van der Waals surface area contributed by atoms with Gasteiger partial charge < -0.3 is 10.8 Å². The number of halogens is 3. The van der Waals surface area contributed by atoms with E-state index in [-0.39, 0.29) is 5.82 Å². The number of aromatic nitrogens is 2.